The first-order chi connectivity index (χ1) is 11.8. The van der Waals surface area contributed by atoms with E-state index >= 15 is 0 Å². The summed E-state index contributed by atoms with van der Waals surface area (Å²) in [6.07, 6.45) is 7.22. The molecule has 4 nitrogen and oxygen atoms in total. The van der Waals surface area contributed by atoms with Crippen LogP contribution in [-0.2, 0) is 6.42 Å². The molecule has 0 spiro atoms. The van der Waals surface area contributed by atoms with Crippen molar-refractivity contribution in [3.05, 3.63) is 35.6 Å². The highest BCUT2D eigenvalue weighted by Gasteiger charge is 2.08. The molecule has 2 rings (SSSR count). The van der Waals surface area contributed by atoms with Crippen LogP contribution in [0.15, 0.2) is 29.3 Å². The quantitative estimate of drug-likeness (QED) is 0.458. The zero-order chi connectivity index (χ0) is 17.0. The summed E-state index contributed by atoms with van der Waals surface area (Å²) in [7, 11) is 1.77. The van der Waals surface area contributed by atoms with Crippen LogP contribution in [-0.4, -0.2) is 50.6 Å². The van der Waals surface area contributed by atoms with Crippen LogP contribution in [0.25, 0.3) is 0 Å². The van der Waals surface area contributed by atoms with E-state index < -0.39 is 0 Å². The lowest BCUT2D eigenvalue weighted by Crippen LogP contribution is -2.39. The summed E-state index contributed by atoms with van der Waals surface area (Å²) >= 11 is 0. The van der Waals surface area contributed by atoms with Crippen molar-refractivity contribution in [2.75, 3.05) is 39.8 Å². The van der Waals surface area contributed by atoms with E-state index in [2.05, 4.69) is 20.5 Å². The van der Waals surface area contributed by atoms with Gasteiger partial charge in [0.2, 0.25) is 0 Å². The van der Waals surface area contributed by atoms with Crippen LogP contribution >= 0.6 is 0 Å². The fourth-order valence-electron chi connectivity index (χ4n) is 3.11. The summed E-state index contributed by atoms with van der Waals surface area (Å²) < 4.78 is 13.6. The van der Waals surface area contributed by atoms with Gasteiger partial charge >= 0.3 is 0 Å². The van der Waals surface area contributed by atoms with Crippen LogP contribution in [0.3, 0.4) is 0 Å². The van der Waals surface area contributed by atoms with Gasteiger partial charge in [-0.25, -0.2) is 4.39 Å². The van der Waals surface area contributed by atoms with Gasteiger partial charge < -0.3 is 15.5 Å². The molecule has 0 radical (unpaired) electrons. The first-order valence-corrected chi connectivity index (χ1v) is 9.20. The molecular weight excluding hydrogens is 303 g/mol. The Morgan fingerprint density at radius 1 is 1.08 bits per heavy atom. The molecule has 0 aromatic heterocycles. The second-order valence-electron chi connectivity index (χ2n) is 6.38. The summed E-state index contributed by atoms with van der Waals surface area (Å²) in [5.74, 6) is 0.655. The van der Waals surface area contributed by atoms with Gasteiger partial charge in [0, 0.05) is 20.1 Å². The summed E-state index contributed by atoms with van der Waals surface area (Å²) in [6.45, 7) is 5.23. The molecule has 0 bridgehead atoms. The van der Waals surface area contributed by atoms with E-state index in [1.807, 2.05) is 12.1 Å². The number of hydrogen-bond donors (Lipinski definition) is 2. The van der Waals surface area contributed by atoms with Gasteiger partial charge in [0.15, 0.2) is 5.96 Å². The molecular formula is C19H31FN4. The maximum absolute atomic E-state index is 13.6. The van der Waals surface area contributed by atoms with Crippen LogP contribution < -0.4 is 10.6 Å². The summed E-state index contributed by atoms with van der Waals surface area (Å²) in [5.41, 5.74) is 0.738. The minimum atomic E-state index is -0.139. The monoisotopic (exact) mass is 334 g/mol. The van der Waals surface area contributed by atoms with Crippen molar-refractivity contribution in [1.29, 1.82) is 0 Å². The zero-order valence-electron chi connectivity index (χ0n) is 14.9. The number of benzene rings is 1. The second kappa shape index (κ2) is 11.0. The molecule has 24 heavy (non-hydrogen) atoms. The first kappa shape index (κ1) is 18.7. The Morgan fingerprint density at radius 3 is 2.50 bits per heavy atom. The van der Waals surface area contributed by atoms with E-state index in [-0.39, 0.29) is 5.82 Å². The second-order valence-corrected chi connectivity index (χ2v) is 6.38. The standard InChI is InChI=1S/C19H31FN4/c1-21-19(23-13-11-17-9-4-5-10-18(17)20)22-12-8-16-24-14-6-2-3-7-15-24/h4-5,9-10H,2-3,6-8,11-16H2,1H3,(H2,21,22,23). The molecule has 0 amide bonds. The maximum atomic E-state index is 13.6. The molecule has 0 saturated carbocycles. The Hall–Kier alpha value is -1.62. The van der Waals surface area contributed by atoms with Gasteiger partial charge in [0.05, 0.1) is 0 Å². The number of likely N-dealkylation sites (tertiary alicyclic amines) is 1. The molecule has 0 unspecified atom stereocenters. The van der Waals surface area contributed by atoms with E-state index in [9.17, 15) is 4.39 Å². The Kier molecular flexibility index (Phi) is 8.60. The highest BCUT2D eigenvalue weighted by Crippen LogP contribution is 2.09. The maximum Gasteiger partial charge on any atom is 0.190 e. The van der Waals surface area contributed by atoms with Crippen LogP contribution in [0.2, 0.25) is 0 Å². The molecule has 2 N–H and O–H groups in total. The van der Waals surface area contributed by atoms with E-state index in [1.54, 1.807) is 13.1 Å². The summed E-state index contributed by atoms with van der Waals surface area (Å²) in [4.78, 5) is 6.80. The highest BCUT2D eigenvalue weighted by atomic mass is 19.1. The topological polar surface area (TPSA) is 39.7 Å². The molecule has 1 fully saturated rings. The van der Waals surface area contributed by atoms with Gasteiger partial charge in [-0.2, -0.15) is 0 Å². The number of nitrogens with one attached hydrogen (secondary N) is 2. The van der Waals surface area contributed by atoms with Gasteiger partial charge in [-0.1, -0.05) is 31.0 Å². The smallest absolute Gasteiger partial charge is 0.190 e. The van der Waals surface area contributed by atoms with Gasteiger partial charge in [-0.3, -0.25) is 4.99 Å². The van der Waals surface area contributed by atoms with Crippen molar-refractivity contribution in [2.24, 2.45) is 4.99 Å². The van der Waals surface area contributed by atoms with E-state index in [1.165, 1.54) is 44.8 Å². The third-order valence-electron chi connectivity index (χ3n) is 4.51. The first-order valence-electron chi connectivity index (χ1n) is 9.20. The predicted octanol–water partition coefficient (Wildman–Crippen LogP) is 2.80. The Balaban J connectivity index is 1.59. The SMILES string of the molecule is CN=C(NCCCN1CCCCCC1)NCCc1ccccc1F. The van der Waals surface area contributed by atoms with Gasteiger partial charge in [0.1, 0.15) is 5.82 Å². The molecule has 0 atom stereocenters. The van der Waals surface area contributed by atoms with Gasteiger partial charge in [-0.15, -0.1) is 0 Å². The van der Waals surface area contributed by atoms with Crippen molar-refractivity contribution in [1.82, 2.24) is 15.5 Å². The van der Waals surface area contributed by atoms with Crippen LogP contribution in [0.5, 0.6) is 0 Å². The lowest BCUT2D eigenvalue weighted by molar-refractivity contribution is 0.282. The van der Waals surface area contributed by atoms with Crippen molar-refractivity contribution >= 4 is 5.96 Å². The Labute approximate surface area is 145 Å². The average Bonchev–Trinajstić information content (AvgIpc) is 2.87. The number of guanidine groups is 1. The van der Waals surface area contributed by atoms with E-state index in [0.29, 0.717) is 13.0 Å². The molecule has 1 aromatic carbocycles. The fourth-order valence-corrected chi connectivity index (χ4v) is 3.11. The minimum Gasteiger partial charge on any atom is -0.356 e. The largest absolute Gasteiger partial charge is 0.356 e. The number of hydrogen-bond acceptors (Lipinski definition) is 2. The van der Waals surface area contributed by atoms with Crippen molar-refractivity contribution in [2.45, 2.75) is 38.5 Å². The van der Waals surface area contributed by atoms with Crippen molar-refractivity contribution in [3.8, 4) is 0 Å². The molecule has 134 valence electrons. The Morgan fingerprint density at radius 2 is 1.79 bits per heavy atom. The number of rotatable bonds is 7. The third-order valence-corrected chi connectivity index (χ3v) is 4.51. The molecule has 1 saturated heterocycles. The highest BCUT2D eigenvalue weighted by molar-refractivity contribution is 5.79. The van der Waals surface area contributed by atoms with E-state index in [0.717, 1.165) is 31.0 Å². The number of nitrogens with zero attached hydrogens (tertiary/aromatic N) is 2. The molecule has 1 aliphatic rings. The minimum absolute atomic E-state index is 0.139. The van der Waals surface area contributed by atoms with E-state index in [4.69, 9.17) is 0 Å². The fraction of sp³-hybridized carbons (Fsp3) is 0.632. The van der Waals surface area contributed by atoms with Gasteiger partial charge in [-0.05, 0) is 56.9 Å². The zero-order valence-corrected chi connectivity index (χ0v) is 14.9. The lowest BCUT2D eigenvalue weighted by atomic mass is 10.1. The average molecular weight is 334 g/mol. The number of aliphatic imine (C=N–C) groups is 1. The van der Waals surface area contributed by atoms with Crippen LogP contribution in [0.4, 0.5) is 4.39 Å². The normalized spacial score (nSPS) is 16.7. The molecule has 1 heterocycles. The summed E-state index contributed by atoms with van der Waals surface area (Å²) in [5, 5.41) is 6.60. The molecule has 5 heteroatoms. The van der Waals surface area contributed by atoms with Crippen LogP contribution in [0.1, 0.15) is 37.7 Å². The van der Waals surface area contributed by atoms with Gasteiger partial charge in [0.25, 0.3) is 0 Å². The predicted molar refractivity (Wildman–Crippen MR) is 99.0 cm³/mol. The Bertz CT molecular complexity index is 496. The van der Waals surface area contributed by atoms with Crippen molar-refractivity contribution in [3.63, 3.8) is 0 Å². The molecule has 0 aliphatic carbocycles. The lowest BCUT2D eigenvalue weighted by Gasteiger charge is -2.20. The molecule has 1 aliphatic heterocycles. The summed E-state index contributed by atoms with van der Waals surface area (Å²) in [6, 6.07) is 6.92. The van der Waals surface area contributed by atoms with Crippen molar-refractivity contribution < 1.29 is 4.39 Å². The number of halogens is 1. The molecule has 1 aromatic rings. The third kappa shape index (κ3) is 6.87. The van der Waals surface area contributed by atoms with Crippen LogP contribution in [0, 0.1) is 5.82 Å².